The summed E-state index contributed by atoms with van der Waals surface area (Å²) in [5.41, 5.74) is 0.681. The molecule has 0 amide bonds. The fraction of sp³-hybridized carbons (Fsp3) is 0.857. The molecule has 1 aliphatic heterocycles. The normalized spacial score (nSPS) is 33.0. The van der Waals surface area contributed by atoms with Gasteiger partial charge in [0.05, 0.1) is 0 Å². The van der Waals surface area contributed by atoms with Crippen molar-refractivity contribution in [2.24, 2.45) is 5.41 Å². The Morgan fingerprint density at radius 2 is 2.25 bits per heavy atom. The minimum Gasteiger partial charge on any atom is -0.316 e. The summed E-state index contributed by atoms with van der Waals surface area (Å²) in [6.45, 7) is 2.50. The molecule has 0 bridgehead atoms. The quantitative estimate of drug-likeness (QED) is 0.490. The monoisotopic (exact) mass is 110 g/mol. The van der Waals surface area contributed by atoms with Gasteiger partial charge in [-0.15, -0.1) is 0 Å². The second kappa shape index (κ2) is 1.47. The lowest BCUT2D eigenvalue weighted by atomic mass is 9.68. The highest BCUT2D eigenvalue weighted by Crippen LogP contribution is 2.44. The molecule has 1 aliphatic carbocycles. The Bertz CT molecular complexity index is 86.6. The SMILES string of the molecule is [CH]1CCC12CCNC2. The van der Waals surface area contributed by atoms with E-state index < -0.39 is 0 Å². The summed E-state index contributed by atoms with van der Waals surface area (Å²) in [6, 6.07) is 0. The number of hydrogen-bond donors (Lipinski definition) is 1. The van der Waals surface area contributed by atoms with Crippen LogP contribution in [0.3, 0.4) is 0 Å². The molecule has 1 unspecified atom stereocenters. The zero-order valence-electron chi connectivity index (χ0n) is 5.11. The molecule has 2 rings (SSSR count). The molecule has 1 heteroatoms. The van der Waals surface area contributed by atoms with E-state index in [1.54, 1.807) is 0 Å². The van der Waals surface area contributed by atoms with Gasteiger partial charge in [0.2, 0.25) is 0 Å². The first kappa shape index (κ1) is 4.80. The average Bonchev–Trinajstić information content (AvgIpc) is 2.07. The number of hydrogen-bond acceptors (Lipinski definition) is 1. The first-order chi connectivity index (χ1) is 3.91. The Morgan fingerprint density at radius 1 is 1.38 bits per heavy atom. The molecule has 1 saturated carbocycles. The van der Waals surface area contributed by atoms with E-state index in [1.165, 1.54) is 32.4 Å². The van der Waals surface area contributed by atoms with Crippen LogP contribution in [0.2, 0.25) is 0 Å². The van der Waals surface area contributed by atoms with Crippen LogP contribution in [0.1, 0.15) is 19.3 Å². The summed E-state index contributed by atoms with van der Waals surface area (Å²) in [7, 11) is 0. The standard InChI is InChI=1S/C7H12N/c1-2-7(3-1)4-5-8-6-7/h2,8H,1,3-6H2. The highest BCUT2D eigenvalue weighted by Gasteiger charge is 2.39. The fourth-order valence-corrected chi connectivity index (χ4v) is 1.70. The smallest absolute Gasteiger partial charge is 0.00111 e. The maximum absolute atomic E-state index is 3.38. The minimum absolute atomic E-state index is 0.681. The van der Waals surface area contributed by atoms with Gasteiger partial charge >= 0.3 is 0 Å². The van der Waals surface area contributed by atoms with E-state index in [2.05, 4.69) is 11.7 Å². The second-order valence-electron chi connectivity index (χ2n) is 3.03. The number of rotatable bonds is 0. The van der Waals surface area contributed by atoms with E-state index in [0.717, 1.165) is 0 Å². The van der Waals surface area contributed by atoms with Crippen LogP contribution >= 0.6 is 0 Å². The summed E-state index contributed by atoms with van der Waals surface area (Å²) in [5, 5.41) is 3.38. The fourth-order valence-electron chi connectivity index (χ4n) is 1.70. The summed E-state index contributed by atoms with van der Waals surface area (Å²) in [5.74, 6) is 0. The van der Waals surface area contributed by atoms with Gasteiger partial charge in [-0.1, -0.05) is 0 Å². The Morgan fingerprint density at radius 3 is 2.50 bits per heavy atom. The van der Waals surface area contributed by atoms with Crippen molar-refractivity contribution in [1.82, 2.24) is 5.32 Å². The molecule has 1 spiro atoms. The van der Waals surface area contributed by atoms with Crippen LogP contribution in [-0.4, -0.2) is 13.1 Å². The summed E-state index contributed by atoms with van der Waals surface area (Å²) < 4.78 is 0. The van der Waals surface area contributed by atoms with Gasteiger partial charge < -0.3 is 5.32 Å². The Kier molecular flexibility index (Phi) is 0.884. The van der Waals surface area contributed by atoms with Crippen molar-refractivity contribution in [3.05, 3.63) is 6.42 Å². The van der Waals surface area contributed by atoms with Crippen LogP contribution in [0.15, 0.2) is 0 Å². The molecule has 8 heavy (non-hydrogen) atoms. The molecule has 1 N–H and O–H groups in total. The molecule has 2 aliphatic rings. The van der Waals surface area contributed by atoms with Crippen molar-refractivity contribution in [3.63, 3.8) is 0 Å². The molecular formula is C7H12N. The van der Waals surface area contributed by atoms with Crippen molar-refractivity contribution in [2.45, 2.75) is 19.3 Å². The molecule has 0 aromatic rings. The van der Waals surface area contributed by atoms with Crippen molar-refractivity contribution < 1.29 is 0 Å². The highest BCUT2D eigenvalue weighted by atomic mass is 14.9. The van der Waals surface area contributed by atoms with Gasteiger partial charge in [0.1, 0.15) is 0 Å². The summed E-state index contributed by atoms with van der Waals surface area (Å²) in [6.07, 6.45) is 6.68. The molecule has 1 atom stereocenters. The van der Waals surface area contributed by atoms with E-state index in [-0.39, 0.29) is 0 Å². The third kappa shape index (κ3) is 0.510. The third-order valence-corrected chi connectivity index (χ3v) is 2.50. The van der Waals surface area contributed by atoms with Gasteiger partial charge in [-0.2, -0.15) is 0 Å². The molecule has 45 valence electrons. The zero-order chi connectivity index (χ0) is 5.45. The van der Waals surface area contributed by atoms with Gasteiger partial charge in [-0.25, -0.2) is 0 Å². The molecule has 2 fully saturated rings. The minimum atomic E-state index is 0.681. The molecule has 0 aromatic heterocycles. The van der Waals surface area contributed by atoms with Gasteiger partial charge in [-0.3, -0.25) is 0 Å². The van der Waals surface area contributed by atoms with Crippen molar-refractivity contribution in [1.29, 1.82) is 0 Å². The molecule has 1 radical (unpaired) electrons. The number of nitrogens with one attached hydrogen (secondary N) is 1. The van der Waals surface area contributed by atoms with Gasteiger partial charge in [0, 0.05) is 6.54 Å². The van der Waals surface area contributed by atoms with Crippen LogP contribution in [0.4, 0.5) is 0 Å². The van der Waals surface area contributed by atoms with E-state index in [0.29, 0.717) is 5.41 Å². The van der Waals surface area contributed by atoms with E-state index >= 15 is 0 Å². The first-order valence-electron chi connectivity index (χ1n) is 3.46. The molecule has 1 saturated heterocycles. The van der Waals surface area contributed by atoms with Crippen LogP contribution in [0, 0.1) is 11.8 Å². The van der Waals surface area contributed by atoms with Crippen LogP contribution in [0.5, 0.6) is 0 Å². The molecule has 1 nitrogen and oxygen atoms in total. The van der Waals surface area contributed by atoms with Crippen LogP contribution in [0.25, 0.3) is 0 Å². The average molecular weight is 110 g/mol. The van der Waals surface area contributed by atoms with Gasteiger partial charge in [-0.05, 0) is 37.6 Å². The largest absolute Gasteiger partial charge is 0.316 e. The lowest BCUT2D eigenvalue weighted by Gasteiger charge is -2.36. The lowest BCUT2D eigenvalue weighted by molar-refractivity contribution is 0.260. The van der Waals surface area contributed by atoms with Crippen LogP contribution < -0.4 is 5.32 Å². The third-order valence-electron chi connectivity index (χ3n) is 2.50. The lowest BCUT2D eigenvalue weighted by Crippen LogP contribution is -2.31. The van der Waals surface area contributed by atoms with Gasteiger partial charge in [0.25, 0.3) is 0 Å². The van der Waals surface area contributed by atoms with Crippen molar-refractivity contribution in [2.75, 3.05) is 13.1 Å². The summed E-state index contributed by atoms with van der Waals surface area (Å²) >= 11 is 0. The maximum Gasteiger partial charge on any atom is 0.00111 e. The van der Waals surface area contributed by atoms with Crippen LogP contribution in [-0.2, 0) is 0 Å². The Hall–Kier alpha value is -0.0400. The van der Waals surface area contributed by atoms with Crippen molar-refractivity contribution in [3.8, 4) is 0 Å². The molecular weight excluding hydrogens is 98.1 g/mol. The maximum atomic E-state index is 3.38. The van der Waals surface area contributed by atoms with Gasteiger partial charge in [0.15, 0.2) is 0 Å². The summed E-state index contributed by atoms with van der Waals surface area (Å²) in [4.78, 5) is 0. The van der Waals surface area contributed by atoms with E-state index in [9.17, 15) is 0 Å². The topological polar surface area (TPSA) is 12.0 Å². The Labute approximate surface area is 50.5 Å². The predicted octanol–water partition coefficient (Wildman–Crippen LogP) is 0.964. The van der Waals surface area contributed by atoms with E-state index in [4.69, 9.17) is 0 Å². The predicted molar refractivity (Wildman–Crippen MR) is 33.5 cm³/mol. The molecule has 0 aromatic carbocycles. The van der Waals surface area contributed by atoms with E-state index in [1.807, 2.05) is 0 Å². The first-order valence-corrected chi connectivity index (χ1v) is 3.46. The Balaban J connectivity index is 2.01. The van der Waals surface area contributed by atoms with Crippen molar-refractivity contribution >= 4 is 0 Å². The highest BCUT2D eigenvalue weighted by molar-refractivity contribution is 5.06. The molecule has 1 heterocycles. The zero-order valence-corrected chi connectivity index (χ0v) is 5.11. The second-order valence-corrected chi connectivity index (χ2v) is 3.03.